The lowest BCUT2D eigenvalue weighted by molar-refractivity contribution is 0.601. The highest BCUT2D eigenvalue weighted by atomic mass is 32.2. The van der Waals surface area contributed by atoms with E-state index in [1.165, 1.54) is 11.3 Å². The maximum Gasteiger partial charge on any atom is 0.263 e. The van der Waals surface area contributed by atoms with Crippen LogP contribution in [0.15, 0.2) is 71.2 Å². The van der Waals surface area contributed by atoms with Crippen LogP contribution < -0.4 is 4.72 Å². The lowest BCUT2D eigenvalue weighted by Crippen LogP contribution is -2.15. The summed E-state index contributed by atoms with van der Waals surface area (Å²) in [5, 5.41) is 13.2. The second kappa shape index (κ2) is 7.52. The maximum absolute atomic E-state index is 12.7. The number of pyridine rings is 1. The summed E-state index contributed by atoms with van der Waals surface area (Å²) in [4.78, 5) is 8.68. The number of aromatic nitrogens is 2. The van der Waals surface area contributed by atoms with E-state index in [-0.39, 0.29) is 4.90 Å². The SMILES string of the molecule is CC(C)(C#N)c1ccccc1-c1nccc2cc(S(=O)(=O)Nc3nccs3)ccc12. The van der Waals surface area contributed by atoms with Crippen molar-refractivity contribution in [2.24, 2.45) is 0 Å². The van der Waals surface area contributed by atoms with Crippen LogP contribution in [-0.4, -0.2) is 18.4 Å². The van der Waals surface area contributed by atoms with Crippen LogP contribution >= 0.6 is 11.3 Å². The average Bonchev–Trinajstić information content (AvgIpc) is 3.25. The Bertz CT molecular complexity index is 1370. The van der Waals surface area contributed by atoms with Crippen LogP contribution in [0.1, 0.15) is 19.4 Å². The predicted molar refractivity (Wildman–Crippen MR) is 119 cm³/mol. The summed E-state index contributed by atoms with van der Waals surface area (Å²) >= 11 is 1.22. The Hall–Kier alpha value is -3.28. The van der Waals surface area contributed by atoms with E-state index in [0.717, 1.165) is 21.9 Å². The molecule has 1 N–H and O–H groups in total. The Labute approximate surface area is 178 Å². The minimum absolute atomic E-state index is 0.146. The lowest BCUT2D eigenvalue weighted by atomic mass is 9.82. The molecule has 0 aliphatic rings. The highest BCUT2D eigenvalue weighted by molar-refractivity contribution is 7.93. The molecular weight excluding hydrogens is 416 g/mol. The molecule has 0 bridgehead atoms. The van der Waals surface area contributed by atoms with Crippen molar-refractivity contribution in [2.75, 3.05) is 4.72 Å². The molecule has 0 saturated heterocycles. The van der Waals surface area contributed by atoms with Crippen molar-refractivity contribution < 1.29 is 8.42 Å². The number of sulfonamides is 1. The van der Waals surface area contributed by atoms with Gasteiger partial charge in [0.05, 0.1) is 22.1 Å². The van der Waals surface area contributed by atoms with Gasteiger partial charge < -0.3 is 0 Å². The Morgan fingerprint density at radius 3 is 2.60 bits per heavy atom. The minimum Gasteiger partial charge on any atom is -0.256 e. The van der Waals surface area contributed by atoms with E-state index in [4.69, 9.17) is 0 Å². The molecule has 2 heterocycles. The highest BCUT2D eigenvalue weighted by Gasteiger charge is 2.25. The Balaban J connectivity index is 1.84. The first kappa shape index (κ1) is 20.0. The van der Waals surface area contributed by atoms with E-state index in [2.05, 4.69) is 20.8 Å². The van der Waals surface area contributed by atoms with Crippen molar-refractivity contribution in [3.05, 3.63) is 71.9 Å². The number of fused-ring (bicyclic) bond motifs is 1. The van der Waals surface area contributed by atoms with E-state index in [9.17, 15) is 13.7 Å². The van der Waals surface area contributed by atoms with Gasteiger partial charge in [-0.15, -0.1) is 11.3 Å². The van der Waals surface area contributed by atoms with E-state index in [1.54, 1.807) is 42.0 Å². The second-order valence-corrected chi connectivity index (χ2v) is 9.84. The zero-order valence-corrected chi connectivity index (χ0v) is 18.0. The number of rotatable bonds is 5. The molecular formula is C22H18N4O2S2. The first-order valence-electron chi connectivity index (χ1n) is 9.14. The summed E-state index contributed by atoms with van der Waals surface area (Å²) in [6.45, 7) is 3.73. The molecule has 150 valence electrons. The smallest absolute Gasteiger partial charge is 0.256 e. The van der Waals surface area contributed by atoms with Crippen molar-refractivity contribution in [1.82, 2.24) is 9.97 Å². The molecule has 0 radical (unpaired) electrons. The zero-order valence-electron chi connectivity index (χ0n) is 16.3. The number of hydrogen-bond donors (Lipinski definition) is 1. The Kier molecular flexibility index (Phi) is 5.02. The van der Waals surface area contributed by atoms with E-state index in [0.29, 0.717) is 10.8 Å². The fraction of sp³-hybridized carbons (Fsp3) is 0.136. The fourth-order valence-corrected chi connectivity index (χ4v) is 5.10. The number of nitrogens with one attached hydrogen (secondary N) is 1. The summed E-state index contributed by atoms with van der Waals surface area (Å²) in [5.74, 6) is 0. The number of thiazole rings is 1. The summed E-state index contributed by atoms with van der Waals surface area (Å²) in [5.41, 5.74) is 1.74. The van der Waals surface area contributed by atoms with Crippen LogP contribution in [0.2, 0.25) is 0 Å². The van der Waals surface area contributed by atoms with Gasteiger partial charge in [0.15, 0.2) is 5.13 Å². The number of anilines is 1. The molecule has 0 amide bonds. The van der Waals surface area contributed by atoms with Gasteiger partial charge in [-0.05, 0) is 43.0 Å². The molecule has 30 heavy (non-hydrogen) atoms. The van der Waals surface area contributed by atoms with Gasteiger partial charge in [0.1, 0.15) is 0 Å². The summed E-state index contributed by atoms with van der Waals surface area (Å²) in [6.07, 6.45) is 3.19. The van der Waals surface area contributed by atoms with Gasteiger partial charge in [-0.1, -0.05) is 30.3 Å². The largest absolute Gasteiger partial charge is 0.263 e. The molecule has 2 aromatic carbocycles. The van der Waals surface area contributed by atoms with E-state index in [1.807, 2.05) is 38.1 Å². The molecule has 4 aromatic rings. The zero-order chi connectivity index (χ0) is 21.4. The number of hydrogen-bond acceptors (Lipinski definition) is 6. The maximum atomic E-state index is 12.7. The monoisotopic (exact) mass is 434 g/mol. The molecule has 0 atom stereocenters. The molecule has 0 aliphatic heterocycles. The van der Waals surface area contributed by atoms with Gasteiger partial charge in [-0.3, -0.25) is 9.71 Å². The van der Waals surface area contributed by atoms with Crippen LogP contribution in [-0.2, 0) is 15.4 Å². The molecule has 0 fully saturated rings. The third kappa shape index (κ3) is 3.65. The first-order chi connectivity index (χ1) is 14.3. The third-order valence-corrected chi connectivity index (χ3v) is 6.99. The van der Waals surface area contributed by atoms with Gasteiger partial charge in [0.25, 0.3) is 10.0 Å². The molecule has 0 spiro atoms. The van der Waals surface area contributed by atoms with Crippen molar-refractivity contribution in [3.63, 3.8) is 0 Å². The van der Waals surface area contributed by atoms with Crippen LogP contribution in [0.3, 0.4) is 0 Å². The molecule has 0 unspecified atom stereocenters. The summed E-state index contributed by atoms with van der Waals surface area (Å²) in [6, 6.07) is 16.7. The van der Waals surface area contributed by atoms with Gasteiger partial charge in [-0.2, -0.15) is 5.26 Å². The topological polar surface area (TPSA) is 95.7 Å². The third-order valence-electron chi connectivity index (χ3n) is 4.84. The lowest BCUT2D eigenvalue weighted by Gasteiger charge is -2.20. The second-order valence-electron chi connectivity index (χ2n) is 7.27. The number of nitrogens with zero attached hydrogens (tertiary/aromatic N) is 3. The molecule has 8 heteroatoms. The van der Waals surface area contributed by atoms with E-state index >= 15 is 0 Å². The van der Waals surface area contributed by atoms with Crippen molar-refractivity contribution in [1.29, 1.82) is 5.26 Å². The van der Waals surface area contributed by atoms with Crippen molar-refractivity contribution in [2.45, 2.75) is 24.2 Å². The Morgan fingerprint density at radius 1 is 1.07 bits per heavy atom. The predicted octanol–water partition coefficient (Wildman–Crippen LogP) is 4.96. The first-order valence-corrected chi connectivity index (χ1v) is 11.5. The number of benzene rings is 2. The van der Waals surface area contributed by atoms with Crippen LogP contribution in [0.25, 0.3) is 22.0 Å². The molecule has 0 saturated carbocycles. The van der Waals surface area contributed by atoms with Gasteiger partial charge >= 0.3 is 0 Å². The standard InChI is InChI=1S/C22H18N4O2S2/c1-22(2,14-23)19-6-4-3-5-18(19)20-17-8-7-16(13-15(17)9-10-24-20)30(27,28)26-21-25-11-12-29-21/h3-13H,1-2H3,(H,25,26). The molecule has 0 aliphatic carbocycles. The van der Waals surface area contributed by atoms with E-state index < -0.39 is 15.4 Å². The van der Waals surface area contributed by atoms with Crippen LogP contribution in [0, 0.1) is 11.3 Å². The average molecular weight is 435 g/mol. The molecule has 6 nitrogen and oxygen atoms in total. The summed E-state index contributed by atoms with van der Waals surface area (Å²) in [7, 11) is -3.75. The van der Waals surface area contributed by atoms with Crippen LogP contribution in [0.5, 0.6) is 0 Å². The van der Waals surface area contributed by atoms with Crippen molar-refractivity contribution >= 4 is 37.3 Å². The van der Waals surface area contributed by atoms with Gasteiger partial charge in [0, 0.05) is 28.7 Å². The van der Waals surface area contributed by atoms with Crippen LogP contribution in [0.4, 0.5) is 5.13 Å². The number of nitriles is 1. The normalized spacial score (nSPS) is 11.9. The summed E-state index contributed by atoms with van der Waals surface area (Å²) < 4.78 is 27.9. The molecule has 4 rings (SSSR count). The van der Waals surface area contributed by atoms with Crippen molar-refractivity contribution in [3.8, 4) is 17.3 Å². The fourth-order valence-electron chi connectivity index (χ4n) is 3.28. The quantitative estimate of drug-likeness (QED) is 0.479. The van der Waals surface area contributed by atoms with Gasteiger partial charge in [-0.25, -0.2) is 13.4 Å². The van der Waals surface area contributed by atoms with Gasteiger partial charge in [0.2, 0.25) is 0 Å². The molecule has 2 aromatic heterocycles. The highest BCUT2D eigenvalue weighted by Crippen LogP contribution is 2.35. The minimum atomic E-state index is -3.75. The Morgan fingerprint density at radius 2 is 1.87 bits per heavy atom.